The molecule has 0 aliphatic heterocycles. The van der Waals surface area contributed by atoms with Crippen molar-refractivity contribution in [2.24, 2.45) is 5.92 Å². The van der Waals surface area contributed by atoms with E-state index in [4.69, 9.17) is 0 Å². The summed E-state index contributed by atoms with van der Waals surface area (Å²) < 4.78 is 13.8. The third-order valence-corrected chi connectivity index (χ3v) is 4.83. The number of carbonyl (C=O) groups excluding carboxylic acids is 1. The molecule has 1 aromatic rings. The van der Waals surface area contributed by atoms with E-state index in [0.29, 0.717) is 27.3 Å². The van der Waals surface area contributed by atoms with Crippen LogP contribution in [0, 0.1) is 11.7 Å². The Balaban J connectivity index is 1.87. The van der Waals surface area contributed by atoms with Gasteiger partial charge in [0, 0.05) is 21.4 Å². The predicted molar refractivity (Wildman–Crippen MR) is 81.1 cm³/mol. The number of amides is 1. The number of halogens is 3. The van der Waals surface area contributed by atoms with Crippen LogP contribution in [-0.2, 0) is 0 Å². The zero-order valence-corrected chi connectivity index (χ0v) is 13.6. The van der Waals surface area contributed by atoms with Gasteiger partial charge in [0.15, 0.2) is 0 Å². The van der Waals surface area contributed by atoms with E-state index in [1.165, 1.54) is 12.1 Å². The number of nitrogens with one attached hydrogen (secondary N) is 1. The second-order valence-corrected chi connectivity index (χ2v) is 7.20. The van der Waals surface area contributed by atoms with Crippen molar-refractivity contribution in [1.82, 2.24) is 5.32 Å². The van der Waals surface area contributed by atoms with Crippen LogP contribution < -0.4 is 5.32 Å². The molecule has 0 unspecified atom stereocenters. The standard InChI is InChI=1S/C14H16Br2FNO/c15-11-3-1-9(2-4-11)8-18-14(19)10-5-12(16)7-13(17)6-10/h5-7,9,11H,1-4,8H2,(H,18,19). The van der Waals surface area contributed by atoms with Crippen LogP contribution in [-0.4, -0.2) is 17.3 Å². The Kier molecular flexibility index (Phi) is 5.39. The van der Waals surface area contributed by atoms with Gasteiger partial charge in [-0.15, -0.1) is 0 Å². The fourth-order valence-corrected chi connectivity index (χ4v) is 3.34. The summed E-state index contributed by atoms with van der Waals surface area (Å²) in [5, 5.41) is 2.90. The van der Waals surface area contributed by atoms with Crippen LogP contribution >= 0.6 is 31.9 Å². The average molecular weight is 393 g/mol. The van der Waals surface area contributed by atoms with Crippen molar-refractivity contribution >= 4 is 37.8 Å². The number of benzene rings is 1. The van der Waals surface area contributed by atoms with E-state index in [9.17, 15) is 9.18 Å². The van der Waals surface area contributed by atoms with Gasteiger partial charge in [0.25, 0.3) is 5.91 Å². The first-order valence-corrected chi connectivity index (χ1v) is 8.14. The highest BCUT2D eigenvalue weighted by Crippen LogP contribution is 2.28. The predicted octanol–water partition coefficient (Wildman–Crippen LogP) is 4.27. The van der Waals surface area contributed by atoms with Crippen LogP contribution in [0.25, 0.3) is 0 Å². The topological polar surface area (TPSA) is 29.1 Å². The molecule has 0 aromatic heterocycles. The molecule has 1 aromatic carbocycles. The number of hydrogen-bond donors (Lipinski definition) is 1. The van der Waals surface area contributed by atoms with Crippen molar-refractivity contribution in [3.8, 4) is 0 Å². The lowest BCUT2D eigenvalue weighted by molar-refractivity contribution is 0.0943. The molecule has 104 valence electrons. The van der Waals surface area contributed by atoms with E-state index in [-0.39, 0.29) is 5.91 Å². The van der Waals surface area contributed by atoms with Gasteiger partial charge in [-0.25, -0.2) is 4.39 Å². The minimum Gasteiger partial charge on any atom is -0.352 e. The van der Waals surface area contributed by atoms with Crippen molar-refractivity contribution in [2.45, 2.75) is 30.5 Å². The van der Waals surface area contributed by atoms with E-state index in [1.54, 1.807) is 6.07 Å². The molecule has 1 aliphatic carbocycles. The molecule has 0 atom stereocenters. The molecule has 0 radical (unpaired) electrons. The van der Waals surface area contributed by atoms with Gasteiger partial charge in [-0.3, -0.25) is 4.79 Å². The Hall–Kier alpha value is -0.420. The molecule has 1 aliphatic rings. The quantitative estimate of drug-likeness (QED) is 0.764. The molecule has 0 spiro atoms. The summed E-state index contributed by atoms with van der Waals surface area (Å²) in [6.45, 7) is 0.673. The molecular formula is C14H16Br2FNO. The lowest BCUT2D eigenvalue weighted by Gasteiger charge is -2.25. The van der Waals surface area contributed by atoms with Crippen LogP contribution in [0.4, 0.5) is 4.39 Å². The van der Waals surface area contributed by atoms with Gasteiger partial charge in [0.2, 0.25) is 0 Å². The van der Waals surface area contributed by atoms with Crippen molar-refractivity contribution in [3.05, 3.63) is 34.1 Å². The molecular weight excluding hydrogens is 377 g/mol. The molecule has 2 nitrogen and oxygen atoms in total. The third kappa shape index (κ3) is 4.56. The summed E-state index contributed by atoms with van der Waals surface area (Å²) in [4.78, 5) is 12.6. The second kappa shape index (κ2) is 6.84. The minimum atomic E-state index is -0.403. The van der Waals surface area contributed by atoms with Crippen LogP contribution in [0.5, 0.6) is 0 Å². The number of alkyl halides is 1. The largest absolute Gasteiger partial charge is 0.352 e. The molecule has 0 bridgehead atoms. The number of hydrogen-bond acceptors (Lipinski definition) is 1. The van der Waals surface area contributed by atoms with Crippen LogP contribution in [0.15, 0.2) is 22.7 Å². The van der Waals surface area contributed by atoms with Gasteiger partial charge < -0.3 is 5.32 Å². The number of carbonyl (C=O) groups is 1. The maximum absolute atomic E-state index is 13.2. The van der Waals surface area contributed by atoms with Crippen LogP contribution in [0.3, 0.4) is 0 Å². The zero-order chi connectivity index (χ0) is 13.8. The first-order chi connectivity index (χ1) is 9.04. The van der Waals surface area contributed by atoms with Crippen molar-refractivity contribution in [2.75, 3.05) is 6.54 Å². The van der Waals surface area contributed by atoms with Crippen molar-refractivity contribution in [3.63, 3.8) is 0 Å². The Morgan fingerprint density at radius 1 is 1.26 bits per heavy atom. The lowest BCUT2D eigenvalue weighted by atomic mass is 9.89. The monoisotopic (exact) mass is 391 g/mol. The molecule has 0 saturated heterocycles. The summed E-state index contributed by atoms with van der Waals surface area (Å²) in [5.74, 6) is -0.0739. The summed E-state index contributed by atoms with van der Waals surface area (Å²) in [6.07, 6.45) is 4.57. The van der Waals surface area contributed by atoms with Gasteiger partial charge in [0.1, 0.15) is 5.82 Å². The fraction of sp³-hybridized carbons (Fsp3) is 0.500. The van der Waals surface area contributed by atoms with Gasteiger partial charge in [-0.05, 0) is 49.8 Å². The Morgan fingerprint density at radius 2 is 1.95 bits per heavy atom. The molecule has 19 heavy (non-hydrogen) atoms. The van der Waals surface area contributed by atoms with E-state index in [1.807, 2.05) is 0 Å². The average Bonchev–Trinajstić information content (AvgIpc) is 2.36. The molecule has 2 rings (SSSR count). The number of rotatable bonds is 3. The first-order valence-electron chi connectivity index (χ1n) is 6.43. The maximum Gasteiger partial charge on any atom is 0.251 e. The minimum absolute atomic E-state index is 0.207. The summed E-state index contributed by atoms with van der Waals surface area (Å²) >= 11 is 6.80. The van der Waals surface area contributed by atoms with E-state index < -0.39 is 5.82 Å². The van der Waals surface area contributed by atoms with Crippen molar-refractivity contribution < 1.29 is 9.18 Å². The zero-order valence-electron chi connectivity index (χ0n) is 10.5. The second-order valence-electron chi connectivity index (χ2n) is 4.99. The Labute approximate surface area is 129 Å². The SMILES string of the molecule is O=C(NCC1CCC(Br)CC1)c1cc(F)cc(Br)c1. The fourth-order valence-electron chi connectivity index (χ4n) is 2.35. The Bertz CT molecular complexity index is 439. The highest BCUT2D eigenvalue weighted by molar-refractivity contribution is 9.10. The molecule has 0 heterocycles. The first kappa shape index (κ1) is 15.0. The normalized spacial score (nSPS) is 23.1. The lowest BCUT2D eigenvalue weighted by Crippen LogP contribution is -2.31. The van der Waals surface area contributed by atoms with Crippen LogP contribution in [0.2, 0.25) is 0 Å². The highest BCUT2D eigenvalue weighted by atomic mass is 79.9. The van der Waals surface area contributed by atoms with Gasteiger partial charge in [0.05, 0.1) is 0 Å². The van der Waals surface area contributed by atoms with Gasteiger partial charge in [-0.1, -0.05) is 31.9 Å². The summed E-state index contributed by atoms with van der Waals surface area (Å²) in [5.41, 5.74) is 0.362. The van der Waals surface area contributed by atoms with E-state index >= 15 is 0 Å². The van der Waals surface area contributed by atoms with E-state index in [0.717, 1.165) is 25.7 Å². The molecule has 5 heteroatoms. The molecule has 1 amide bonds. The van der Waals surface area contributed by atoms with Crippen molar-refractivity contribution in [1.29, 1.82) is 0 Å². The molecule has 1 saturated carbocycles. The Morgan fingerprint density at radius 3 is 2.58 bits per heavy atom. The van der Waals surface area contributed by atoms with Gasteiger partial charge in [-0.2, -0.15) is 0 Å². The van der Waals surface area contributed by atoms with Gasteiger partial charge >= 0.3 is 0 Å². The third-order valence-electron chi connectivity index (χ3n) is 3.45. The summed E-state index contributed by atoms with van der Waals surface area (Å²) in [7, 11) is 0. The van der Waals surface area contributed by atoms with E-state index in [2.05, 4.69) is 37.2 Å². The molecule has 1 fully saturated rings. The molecule has 1 N–H and O–H groups in total. The van der Waals surface area contributed by atoms with Crippen LogP contribution in [0.1, 0.15) is 36.0 Å². The summed E-state index contributed by atoms with van der Waals surface area (Å²) in [6, 6.07) is 4.23. The smallest absolute Gasteiger partial charge is 0.251 e. The highest BCUT2D eigenvalue weighted by Gasteiger charge is 2.19. The maximum atomic E-state index is 13.2.